The Kier molecular flexibility index (Phi) is 5.01. The van der Waals surface area contributed by atoms with Crippen molar-refractivity contribution < 1.29 is 9.90 Å². The fourth-order valence-electron chi connectivity index (χ4n) is 2.07. The van der Waals surface area contributed by atoms with Crippen LogP contribution in [0.25, 0.3) is 0 Å². The molecule has 0 bridgehead atoms. The molecular formula is C16H21N3O3S. The van der Waals surface area contributed by atoms with E-state index in [0.717, 1.165) is 5.56 Å². The summed E-state index contributed by atoms with van der Waals surface area (Å²) in [7, 11) is 0. The van der Waals surface area contributed by atoms with Crippen molar-refractivity contribution in [2.45, 2.75) is 39.2 Å². The maximum atomic E-state index is 12.2. The maximum Gasteiger partial charge on any atom is 0.264 e. The molecule has 0 spiro atoms. The number of aliphatic hydroxyl groups is 1. The monoisotopic (exact) mass is 335 g/mol. The SMILES string of the molecule is Cc1nc(C(C)(C)C)[nH]c(=O)c1C(=O)NCC(O)c1ccsc1. The molecule has 6 nitrogen and oxygen atoms in total. The van der Waals surface area contributed by atoms with Gasteiger partial charge in [0.1, 0.15) is 11.4 Å². The number of aryl methyl sites for hydroxylation is 1. The summed E-state index contributed by atoms with van der Waals surface area (Å²) < 4.78 is 0. The molecule has 1 amide bonds. The second-order valence-corrected chi connectivity index (χ2v) is 7.19. The van der Waals surface area contributed by atoms with E-state index in [0.29, 0.717) is 11.5 Å². The molecule has 0 radical (unpaired) electrons. The fourth-order valence-corrected chi connectivity index (χ4v) is 2.78. The Morgan fingerprint density at radius 1 is 1.48 bits per heavy atom. The van der Waals surface area contributed by atoms with E-state index in [2.05, 4.69) is 15.3 Å². The predicted molar refractivity (Wildman–Crippen MR) is 89.9 cm³/mol. The predicted octanol–water partition coefficient (Wildman–Crippen LogP) is 1.90. The molecule has 0 aliphatic carbocycles. The number of hydrogen-bond donors (Lipinski definition) is 3. The molecule has 2 rings (SSSR count). The summed E-state index contributed by atoms with van der Waals surface area (Å²) in [5.74, 6) is 0.000784. The minimum atomic E-state index is -0.800. The number of aliphatic hydroxyl groups excluding tert-OH is 1. The van der Waals surface area contributed by atoms with Crippen LogP contribution in [0.5, 0.6) is 0 Å². The number of nitrogens with zero attached hydrogens (tertiary/aromatic N) is 1. The minimum Gasteiger partial charge on any atom is -0.387 e. The molecule has 23 heavy (non-hydrogen) atoms. The highest BCUT2D eigenvalue weighted by Crippen LogP contribution is 2.18. The van der Waals surface area contributed by atoms with Crippen LogP contribution in [-0.4, -0.2) is 27.5 Å². The van der Waals surface area contributed by atoms with Gasteiger partial charge >= 0.3 is 0 Å². The molecule has 0 aliphatic heterocycles. The van der Waals surface area contributed by atoms with Gasteiger partial charge in [-0.05, 0) is 29.3 Å². The molecule has 3 N–H and O–H groups in total. The van der Waals surface area contributed by atoms with Crippen LogP contribution >= 0.6 is 11.3 Å². The van der Waals surface area contributed by atoms with Crippen LogP contribution in [0.15, 0.2) is 21.6 Å². The standard InChI is InChI=1S/C16H21N3O3S/c1-9-12(14(22)19-15(18-9)16(2,3)4)13(21)17-7-11(20)10-5-6-23-8-10/h5-6,8,11,20H,7H2,1-4H3,(H,17,21)(H,18,19,22). The van der Waals surface area contributed by atoms with Crippen LogP contribution in [0.2, 0.25) is 0 Å². The largest absolute Gasteiger partial charge is 0.387 e. The van der Waals surface area contributed by atoms with Crippen molar-refractivity contribution in [2.24, 2.45) is 0 Å². The number of rotatable bonds is 4. The van der Waals surface area contributed by atoms with Crippen LogP contribution in [-0.2, 0) is 5.41 Å². The quantitative estimate of drug-likeness (QED) is 0.795. The van der Waals surface area contributed by atoms with Gasteiger partial charge < -0.3 is 15.4 Å². The van der Waals surface area contributed by atoms with Gasteiger partial charge in [-0.2, -0.15) is 11.3 Å². The van der Waals surface area contributed by atoms with Gasteiger partial charge in [0.15, 0.2) is 0 Å². The van der Waals surface area contributed by atoms with E-state index in [1.165, 1.54) is 11.3 Å². The summed E-state index contributed by atoms with van der Waals surface area (Å²) in [5, 5.41) is 16.2. The number of carbonyl (C=O) groups excluding carboxylic acids is 1. The summed E-state index contributed by atoms with van der Waals surface area (Å²) >= 11 is 1.47. The summed E-state index contributed by atoms with van der Waals surface area (Å²) in [6, 6.07) is 1.79. The normalized spacial score (nSPS) is 12.9. The number of aromatic nitrogens is 2. The van der Waals surface area contributed by atoms with Gasteiger partial charge in [0.05, 0.1) is 11.8 Å². The smallest absolute Gasteiger partial charge is 0.264 e. The third-order valence-electron chi connectivity index (χ3n) is 3.42. The highest BCUT2D eigenvalue weighted by Gasteiger charge is 2.22. The lowest BCUT2D eigenvalue weighted by atomic mass is 9.95. The van der Waals surface area contributed by atoms with Crippen LogP contribution in [0.1, 0.15) is 54.3 Å². The Hall–Kier alpha value is -1.99. The second-order valence-electron chi connectivity index (χ2n) is 6.41. The van der Waals surface area contributed by atoms with E-state index >= 15 is 0 Å². The molecule has 7 heteroatoms. The number of amides is 1. The number of thiophene rings is 1. The molecule has 2 aromatic rings. The molecule has 2 aromatic heterocycles. The average Bonchev–Trinajstić information content (AvgIpc) is 2.97. The topological polar surface area (TPSA) is 95.1 Å². The molecule has 0 aromatic carbocycles. The van der Waals surface area contributed by atoms with Crippen molar-refractivity contribution in [3.05, 3.63) is 49.8 Å². The highest BCUT2D eigenvalue weighted by atomic mass is 32.1. The number of H-pyrrole nitrogens is 1. The third kappa shape index (κ3) is 4.05. The molecule has 0 fully saturated rings. The van der Waals surface area contributed by atoms with Gasteiger partial charge in [-0.25, -0.2) is 4.98 Å². The van der Waals surface area contributed by atoms with Crippen LogP contribution in [0, 0.1) is 6.92 Å². The summed E-state index contributed by atoms with van der Waals surface area (Å²) in [5.41, 5.74) is 0.317. The van der Waals surface area contributed by atoms with Gasteiger partial charge in [0.2, 0.25) is 0 Å². The fraction of sp³-hybridized carbons (Fsp3) is 0.438. The number of hydrogen-bond acceptors (Lipinski definition) is 5. The zero-order chi connectivity index (χ0) is 17.2. The Labute approximate surface area is 138 Å². The first-order valence-electron chi connectivity index (χ1n) is 7.30. The number of nitrogens with one attached hydrogen (secondary N) is 2. The number of aromatic amines is 1. The molecule has 0 saturated heterocycles. The lowest BCUT2D eigenvalue weighted by Gasteiger charge is -2.18. The molecule has 0 saturated carbocycles. The highest BCUT2D eigenvalue weighted by molar-refractivity contribution is 7.07. The molecule has 2 heterocycles. The van der Waals surface area contributed by atoms with E-state index in [1.807, 2.05) is 31.5 Å². The van der Waals surface area contributed by atoms with E-state index in [4.69, 9.17) is 0 Å². The van der Waals surface area contributed by atoms with Crippen LogP contribution in [0.4, 0.5) is 0 Å². The van der Waals surface area contributed by atoms with Gasteiger partial charge in [0, 0.05) is 12.0 Å². The zero-order valence-electron chi connectivity index (χ0n) is 13.6. The van der Waals surface area contributed by atoms with Crippen molar-refractivity contribution in [2.75, 3.05) is 6.54 Å². The molecule has 124 valence electrons. The maximum absolute atomic E-state index is 12.2. The number of carbonyl (C=O) groups is 1. The Morgan fingerprint density at radius 3 is 2.70 bits per heavy atom. The van der Waals surface area contributed by atoms with Gasteiger partial charge in [-0.15, -0.1) is 0 Å². The van der Waals surface area contributed by atoms with Gasteiger partial charge in [-0.1, -0.05) is 20.8 Å². The lowest BCUT2D eigenvalue weighted by molar-refractivity contribution is 0.0913. The van der Waals surface area contributed by atoms with Gasteiger partial charge in [0.25, 0.3) is 11.5 Å². The summed E-state index contributed by atoms with van der Waals surface area (Å²) in [6.45, 7) is 7.47. The van der Waals surface area contributed by atoms with Crippen LogP contribution < -0.4 is 10.9 Å². The first kappa shape index (κ1) is 17.4. The van der Waals surface area contributed by atoms with Crippen LogP contribution in [0.3, 0.4) is 0 Å². The molecule has 1 unspecified atom stereocenters. The molecule has 0 aliphatic rings. The van der Waals surface area contributed by atoms with E-state index < -0.39 is 17.6 Å². The third-order valence-corrected chi connectivity index (χ3v) is 4.12. The first-order valence-corrected chi connectivity index (χ1v) is 8.24. The van der Waals surface area contributed by atoms with E-state index in [9.17, 15) is 14.7 Å². The first-order chi connectivity index (χ1) is 10.7. The lowest BCUT2D eigenvalue weighted by Crippen LogP contribution is -2.35. The molecule has 1 atom stereocenters. The second kappa shape index (κ2) is 6.64. The molecular weight excluding hydrogens is 314 g/mol. The Morgan fingerprint density at radius 2 is 2.17 bits per heavy atom. The van der Waals surface area contributed by atoms with Gasteiger partial charge in [-0.3, -0.25) is 9.59 Å². The zero-order valence-corrected chi connectivity index (χ0v) is 14.5. The van der Waals surface area contributed by atoms with E-state index in [1.54, 1.807) is 13.0 Å². The average molecular weight is 335 g/mol. The summed E-state index contributed by atoms with van der Waals surface area (Å²) in [6.07, 6.45) is -0.800. The Bertz CT molecular complexity index is 745. The van der Waals surface area contributed by atoms with Crippen molar-refractivity contribution in [3.63, 3.8) is 0 Å². The van der Waals surface area contributed by atoms with Crippen molar-refractivity contribution in [1.29, 1.82) is 0 Å². The summed E-state index contributed by atoms with van der Waals surface area (Å²) in [4.78, 5) is 31.4. The minimum absolute atomic E-state index is 0.0180. The van der Waals surface area contributed by atoms with Crippen molar-refractivity contribution >= 4 is 17.2 Å². The van der Waals surface area contributed by atoms with Crippen molar-refractivity contribution in [3.8, 4) is 0 Å². The van der Waals surface area contributed by atoms with E-state index in [-0.39, 0.29) is 17.5 Å². The van der Waals surface area contributed by atoms with Crippen molar-refractivity contribution in [1.82, 2.24) is 15.3 Å². The Balaban J connectivity index is 2.15.